The second-order valence-corrected chi connectivity index (χ2v) is 11.7. The van der Waals surface area contributed by atoms with Gasteiger partial charge in [-0.3, -0.25) is 5.10 Å². The largest absolute Gasteiger partial charge is 0.384 e. The number of nitrogens with one attached hydrogen (secondary N) is 1. The summed E-state index contributed by atoms with van der Waals surface area (Å²) in [5.41, 5.74) is 3.39. The van der Waals surface area contributed by atoms with Crippen molar-refractivity contribution in [3.8, 4) is 0 Å². The topological polar surface area (TPSA) is 95.6 Å². The van der Waals surface area contributed by atoms with E-state index < -0.39 is 16.3 Å². The van der Waals surface area contributed by atoms with Crippen LogP contribution in [0.25, 0.3) is 0 Å². The van der Waals surface area contributed by atoms with Crippen molar-refractivity contribution < 1.29 is 26.7 Å². The van der Waals surface area contributed by atoms with Crippen LogP contribution in [0.4, 0.5) is 13.6 Å². The number of aromatic amines is 1. The predicted octanol–water partition coefficient (Wildman–Crippen LogP) is 2.83. The summed E-state index contributed by atoms with van der Waals surface area (Å²) in [6, 6.07) is 9.03. The maximum Gasteiger partial charge on any atom is 0.320 e. The smallest absolute Gasteiger partial charge is 0.320 e. The van der Waals surface area contributed by atoms with Gasteiger partial charge in [-0.05, 0) is 23.6 Å². The Kier molecular flexibility index (Phi) is 8.05. The van der Waals surface area contributed by atoms with Crippen LogP contribution in [0.15, 0.2) is 30.3 Å². The van der Waals surface area contributed by atoms with E-state index in [1.165, 1.54) is 0 Å². The standard InChI is InChI=1S/C24H32F2N4O4S/c1-34-9-6-21-14-22(28-27-21)20-13-19(18-4-2-17(3-5-18)12-23(25)26)15-30(16-20)24(31)29-7-10-35(32,33)11-8-29/h2-5,14,19-20,23H,6-13,15-16H2,1H3,(H,27,28). The molecule has 0 saturated carbocycles. The fourth-order valence-electron chi connectivity index (χ4n) is 4.85. The molecule has 2 aliphatic heterocycles. The molecule has 2 aromatic rings. The Balaban J connectivity index is 1.54. The molecule has 2 fully saturated rings. The number of ether oxygens (including phenoxy) is 1. The molecule has 192 valence electrons. The zero-order valence-electron chi connectivity index (χ0n) is 19.8. The minimum atomic E-state index is -3.10. The quantitative estimate of drug-likeness (QED) is 0.618. The number of nitrogens with zero attached hydrogens (tertiary/aromatic N) is 3. The number of urea groups is 1. The fraction of sp³-hybridized carbons (Fsp3) is 0.583. The number of hydrogen-bond donors (Lipinski definition) is 1. The molecule has 4 rings (SSSR count). The molecule has 2 saturated heterocycles. The fourth-order valence-corrected chi connectivity index (χ4v) is 6.05. The molecule has 0 bridgehead atoms. The van der Waals surface area contributed by atoms with Crippen LogP contribution in [0.1, 0.15) is 40.8 Å². The summed E-state index contributed by atoms with van der Waals surface area (Å²) in [4.78, 5) is 16.8. The predicted molar refractivity (Wildman–Crippen MR) is 128 cm³/mol. The van der Waals surface area contributed by atoms with Gasteiger partial charge in [-0.2, -0.15) is 5.10 Å². The number of methoxy groups -OCH3 is 1. The van der Waals surface area contributed by atoms with Crippen LogP contribution < -0.4 is 0 Å². The first-order valence-electron chi connectivity index (χ1n) is 11.9. The SMILES string of the molecule is COCCc1cc(C2CC(c3ccc(CC(F)F)cc3)CN(C(=O)N3CCS(=O)(=O)CC3)C2)n[nH]1. The highest BCUT2D eigenvalue weighted by molar-refractivity contribution is 7.91. The molecule has 11 heteroatoms. The molecule has 1 N–H and O–H groups in total. The number of piperidine rings is 1. The normalized spacial score (nSPS) is 22.5. The van der Waals surface area contributed by atoms with Crippen LogP contribution in [-0.2, 0) is 27.4 Å². The second-order valence-electron chi connectivity index (χ2n) is 9.35. The van der Waals surface area contributed by atoms with Crippen LogP contribution in [0, 0.1) is 0 Å². The average molecular weight is 511 g/mol. The summed E-state index contributed by atoms with van der Waals surface area (Å²) >= 11 is 0. The van der Waals surface area contributed by atoms with Gasteiger partial charge in [-0.15, -0.1) is 0 Å². The lowest BCUT2D eigenvalue weighted by Crippen LogP contribution is -2.53. The molecule has 2 aliphatic rings. The van der Waals surface area contributed by atoms with Crippen molar-refractivity contribution in [3.05, 3.63) is 52.8 Å². The number of likely N-dealkylation sites (tertiary alicyclic amines) is 1. The van der Waals surface area contributed by atoms with Gasteiger partial charge in [0.25, 0.3) is 0 Å². The van der Waals surface area contributed by atoms with Crippen molar-refractivity contribution in [3.63, 3.8) is 0 Å². The number of benzene rings is 1. The number of halogens is 2. The first-order chi connectivity index (χ1) is 16.7. The number of alkyl halides is 2. The Bertz CT molecular complexity index is 1090. The minimum Gasteiger partial charge on any atom is -0.384 e. The van der Waals surface area contributed by atoms with Gasteiger partial charge in [-0.1, -0.05) is 24.3 Å². The minimum absolute atomic E-state index is 0.00551. The van der Waals surface area contributed by atoms with E-state index in [4.69, 9.17) is 4.74 Å². The van der Waals surface area contributed by atoms with Crippen LogP contribution in [-0.4, -0.2) is 92.3 Å². The summed E-state index contributed by atoms with van der Waals surface area (Å²) in [6.45, 7) is 1.92. The molecule has 0 radical (unpaired) electrons. The van der Waals surface area contributed by atoms with Gasteiger partial charge in [0.2, 0.25) is 6.43 Å². The van der Waals surface area contributed by atoms with Gasteiger partial charge in [-0.25, -0.2) is 22.0 Å². The first kappa shape index (κ1) is 25.6. The van der Waals surface area contributed by atoms with Gasteiger partial charge in [0.05, 0.1) is 23.8 Å². The number of sulfone groups is 1. The van der Waals surface area contributed by atoms with E-state index in [1.807, 2.05) is 18.2 Å². The third-order valence-electron chi connectivity index (χ3n) is 6.82. The van der Waals surface area contributed by atoms with Gasteiger partial charge in [0, 0.05) is 63.7 Å². The zero-order valence-corrected chi connectivity index (χ0v) is 20.6. The Labute approximate surface area is 204 Å². The van der Waals surface area contributed by atoms with Crippen LogP contribution in [0.5, 0.6) is 0 Å². The molecule has 2 amide bonds. The van der Waals surface area contributed by atoms with E-state index in [0.29, 0.717) is 31.7 Å². The third kappa shape index (κ3) is 6.58. The molecular weight excluding hydrogens is 478 g/mol. The second kappa shape index (κ2) is 11.0. The number of amides is 2. The molecule has 1 aromatic carbocycles. The molecule has 3 heterocycles. The van der Waals surface area contributed by atoms with Crippen molar-refractivity contribution in [2.45, 2.75) is 37.5 Å². The van der Waals surface area contributed by atoms with Gasteiger partial charge in [0.1, 0.15) is 0 Å². The Morgan fingerprint density at radius 2 is 1.83 bits per heavy atom. The number of hydrogen-bond acceptors (Lipinski definition) is 5. The summed E-state index contributed by atoms with van der Waals surface area (Å²) in [5, 5.41) is 7.55. The summed E-state index contributed by atoms with van der Waals surface area (Å²) < 4.78 is 54.3. The number of aromatic nitrogens is 2. The summed E-state index contributed by atoms with van der Waals surface area (Å²) in [6.07, 6.45) is -1.21. The number of rotatable bonds is 7. The Morgan fingerprint density at radius 1 is 1.14 bits per heavy atom. The van der Waals surface area contributed by atoms with E-state index >= 15 is 0 Å². The number of carbonyl (C=O) groups is 1. The number of H-pyrrole nitrogens is 1. The monoisotopic (exact) mass is 510 g/mol. The van der Waals surface area contributed by atoms with E-state index in [9.17, 15) is 22.0 Å². The molecule has 0 aliphatic carbocycles. The van der Waals surface area contributed by atoms with Crippen molar-refractivity contribution in [1.29, 1.82) is 0 Å². The van der Waals surface area contributed by atoms with Crippen molar-refractivity contribution in [1.82, 2.24) is 20.0 Å². The third-order valence-corrected chi connectivity index (χ3v) is 8.43. The van der Waals surface area contributed by atoms with E-state index in [2.05, 4.69) is 10.2 Å². The Morgan fingerprint density at radius 3 is 2.49 bits per heavy atom. The average Bonchev–Trinajstić information content (AvgIpc) is 3.31. The molecular formula is C24H32F2N4O4S. The van der Waals surface area contributed by atoms with Crippen molar-refractivity contribution in [2.24, 2.45) is 0 Å². The lowest BCUT2D eigenvalue weighted by molar-refractivity contribution is 0.135. The molecule has 35 heavy (non-hydrogen) atoms. The van der Waals surface area contributed by atoms with Gasteiger partial charge in [0.15, 0.2) is 9.84 Å². The van der Waals surface area contributed by atoms with Crippen LogP contribution in [0.3, 0.4) is 0 Å². The summed E-state index contributed by atoms with van der Waals surface area (Å²) in [7, 11) is -1.45. The lowest BCUT2D eigenvalue weighted by atomic mass is 9.82. The van der Waals surface area contributed by atoms with Crippen LogP contribution >= 0.6 is 0 Å². The number of carbonyl (C=O) groups excluding carboxylic acids is 1. The molecule has 0 spiro atoms. The van der Waals surface area contributed by atoms with E-state index in [1.54, 1.807) is 29.0 Å². The lowest BCUT2D eigenvalue weighted by Gasteiger charge is -2.40. The van der Waals surface area contributed by atoms with Crippen LogP contribution in [0.2, 0.25) is 0 Å². The first-order valence-corrected chi connectivity index (χ1v) is 13.7. The highest BCUT2D eigenvalue weighted by Crippen LogP contribution is 2.36. The maximum absolute atomic E-state index is 13.4. The highest BCUT2D eigenvalue weighted by Gasteiger charge is 2.36. The highest BCUT2D eigenvalue weighted by atomic mass is 32.2. The van der Waals surface area contributed by atoms with Crippen molar-refractivity contribution >= 4 is 15.9 Å². The van der Waals surface area contributed by atoms with Crippen molar-refractivity contribution in [2.75, 3.05) is 51.4 Å². The molecule has 1 aromatic heterocycles. The Hall–Kier alpha value is -2.53. The maximum atomic E-state index is 13.4. The molecule has 2 unspecified atom stereocenters. The summed E-state index contributed by atoms with van der Waals surface area (Å²) in [5.74, 6) is -0.0500. The molecule has 8 nitrogen and oxygen atoms in total. The van der Waals surface area contributed by atoms with Gasteiger partial charge >= 0.3 is 6.03 Å². The molecule has 2 atom stereocenters. The van der Waals surface area contributed by atoms with E-state index in [-0.39, 0.29) is 48.9 Å². The van der Waals surface area contributed by atoms with Gasteiger partial charge < -0.3 is 14.5 Å². The van der Waals surface area contributed by atoms with E-state index in [0.717, 1.165) is 23.4 Å². The zero-order chi connectivity index (χ0) is 25.0.